The molecule has 0 aromatic heterocycles. The van der Waals surface area contributed by atoms with E-state index in [1.807, 2.05) is 0 Å². The molecule has 0 aromatic carbocycles. The molecule has 0 radical (unpaired) electrons. The zero-order chi connectivity index (χ0) is 15.8. The van der Waals surface area contributed by atoms with Crippen LogP contribution < -0.4 is 0 Å². The van der Waals surface area contributed by atoms with Crippen LogP contribution in [0, 0.1) is 0 Å². The molecule has 0 unspecified atom stereocenters. The van der Waals surface area contributed by atoms with E-state index >= 15 is 0 Å². The monoisotopic (exact) mass is 300 g/mol. The van der Waals surface area contributed by atoms with E-state index in [2.05, 4.69) is 6.92 Å². The van der Waals surface area contributed by atoms with Crippen molar-refractivity contribution in [3.8, 4) is 0 Å². The first-order valence-corrected chi connectivity index (χ1v) is 8.86. The highest BCUT2D eigenvalue weighted by atomic mass is 16.3. The highest BCUT2D eigenvalue weighted by Gasteiger charge is 2.02. The summed E-state index contributed by atoms with van der Waals surface area (Å²) in [6.07, 6.45) is 15.6. The van der Waals surface area contributed by atoms with Gasteiger partial charge in [-0.3, -0.25) is 0 Å². The van der Waals surface area contributed by atoms with E-state index in [0.29, 0.717) is 6.42 Å². The van der Waals surface area contributed by atoms with Crippen molar-refractivity contribution in [3.05, 3.63) is 12.2 Å². The average Bonchev–Trinajstić information content (AvgIpc) is 2.48. The van der Waals surface area contributed by atoms with E-state index in [1.54, 1.807) is 12.2 Å². The van der Waals surface area contributed by atoms with Crippen LogP contribution in [0.25, 0.3) is 0 Å². The van der Waals surface area contributed by atoms with Gasteiger partial charge in [0.1, 0.15) is 0 Å². The smallest absolute Gasteiger partial charge is 0.0721 e. The maximum absolute atomic E-state index is 9.80. The van der Waals surface area contributed by atoms with Gasteiger partial charge in [0.05, 0.1) is 12.2 Å². The summed E-state index contributed by atoms with van der Waals surface area (Å²) in [5.74, 6) is 0. The lowest BCUT2D eigenvalue weighted by atomic mass is 10.0. The topological polar surface area (TPSA) is 60.7 Å². The van der Waals surface area contributed by atoms with Crippen LogP contribution in [-0.4, -0.2) is 34.1 Å². The lowest BCUT2D eigenvalue weighted by Gasteiger charge is -2.08. The van der Waals surface area contributed by atoms with Crippen molar-refractivity contribution in [3.63, 3.8) is 0 Å². The zero-order valence-electron chi connectivity index (χ0n) is 13.8. The average molecular weight is 300 g/mol. The van der Waals surface area contributed by atoms with E-state index in [-0.39, 0.29) is 6.61 Å². The molecule has 0 aliphatic carbocycles. The number of aliphatic hydroxyl groups is 3. The quantitative estimate of drug-likeness (QED) is 0.317. The normalized spacial score (nSPS) is 14.7. The van der Waals surface area contributed by atoms with Crippen LogP contribution in [0.4, 0.5) is 0 Å². The van der Waals surface area contributed by atoms with E-state index < -0.39 is 12.2 Å². The second-order valence-corrected chi connectivity index (χ2v) is 6.00. The fourth-order valence-corrected chi connectivity index (χ4v) is 2.40. The maximum atomic E-state index is 9.80. The first-order chi connectivity index (χ1) is 10.2. The molecule has 0 spiro atoms. The molecule has 126 valence electrons. The van der Waals surface area contributed by atoms with Gasteiger partial charge in [-0.25, -0.2) is 0 Å². The Morgan fingerprint density at radius 2 is 1.10 bits per heavy atom. The van der Waals surface area contributed by atoms with E-state index in [1.165, 1.54) is 44.9 Å². The lowest BCUT2D eigenvalue weighted by molar-refractivity contribution is 0.189. The van der Waals surface area contributed by atoms with Gasteiger partial charge in [-0.05, 0) is 25.7 Å². The minimum atomic E-state index is -0.496. The molecule has 0 saturated carbocycles. The summed E-state index contributed by atoms with van der Waals surface area (Å²) in [7, 11) is 0. The zero-order valence-corrected chi connectivity index (χ0v) is 13.8. The van der Waals surface area contributed by atoms with Gasteiger partial charge >= 0.3 is 0 Å². The molecular formula is C18H36O3. The number of hydrogen-bond donors (Lipinski definition) is 3. The van der Waals surface area contributed by atoms with E-state index in [9.17, 15) is 10.2 Å². The number of rotatable bonds is 15. The highest BCUT2D eigenvalue weighted by Crippen LogP contribution is 2.11. The SMILES string of the molecule is CCCCCCCCCC[C@@H](O)/C=C/[C@H](O)CCCCO. The van der Waals surface area contributed by atoms with Crippen molar-refractivity contribution in [2.24, 2.45) is 0 Å². The Hall–Kier alpha value is -0.380. The fraction of sp³-hybridized carbons (Fsp3) is 0.889. The molecule has 0 fully saturated rings. The van der Waals surface area contributed by atoms with Gasteiger partial charge in [0.25, 0.3) is 0 Å². The van der Waals surface area contributed by atoms with Crippen LogP contribution in [0.5, 0.6) is 0 Å². The van der Waals surface area contributed by atoms with Gasteiger partial charge in [0.2, 0.25) is 0 Å². The van der Waals surface area contributed by atoms with Crippen molar-refractivity contribution < 1.29 is 15.3 Å². The van der Waals surface area contributed by atoms with Crippen LogP contribution in [-0.2, 0) is 0 Å². The van der Waals surface area contributed by atoms with Gasteiger partial charge in [-0.1, -0.05) is 70.4 Å². The highest BCUT2D eigenvalue weighted by molar-refractivity contribution is 4.93. The van der Waals surface area contributed by atoms with Crippen LogP contribution in [0.3, 0.4) is 0 Å². The van der Waals surface area contributed by atoms with Crippen LogP contribution in [0.15, 0.2) is 12.2 Å². The number of aliphatic hydroxyl groups excluding tert-OH is 3. The molecule has 0 bridgehead atoms. The van der Waals surface area contributed by atoms with Gasteiger partial charge < -0.3 is 15.3 Å². The third kappa shape index (κ3) is 15.8. The Kier molecular flexibility index (Phi) is 15.7. The molecule has 0 aromatic rings. The lowest BCUT2D eigenvalue weighted by Crippen LogP contribution is -2.07. The molecule has 0 saturated heterocycles. The summed E-state index contributed by atoms with van der Waals surface area (Å²) in [6, 6.07) is 0. The minimum Gasteiger partial charge on any atom is -0.396 e. The summed E-state index contributed by atoms with van der Waals surface area (Å²) >= 11 is 0. The summed E-state index contributed by atoms with van der Waals surface area (Å²) in [5, 5.41) is 28.1. The maximum Gasteiger partial charge on any atom is 0.0721 e. The molecule has 0 heterocycles. The second kappa shape index (κ2) is 16.0. The molecular weight excluding hydrogens is 264 g/mol. The molecule has 0 aliphatic heterocycles. The van der Waals surface area contributed by atoms with Crippen molar-refractivity contribution in [1.29, 1.82) is 0 Å². The molecule has 2 atom stereocenters. The Balaban J connectivity index is 3.42. The second-order valence-electron chi connectivity index (χ2n) is 6.00. The van der Waals surface area contributed by atoms with Crippen LogP contribution in [0.1, 0.15) is 84.0 Å². The van der Waals surface area contributed by atoms with Gasteiger partial charge in [-0.15, -0.1) is 0 Å². The summed E-state index contributed by atoms with van der Waals surface area (Å²) in [4.78, 5) is 0. The molecule has 0 rings (SSSR count). The summed E-state index contributed by atoms with van der Waals surface area (Å²) in [6.45, 7) is 2.41. The molecule has 3 nitrogen and oxygen atoms in total. The van der Waals surface area contributed by atoms with E-state index in [4.69, 9.17) is 5.11 Å². The Bertz CT molecular complexity index is 229. The van der Waals surface area contributed by atoms with Crippen molar-refractivity contribution in [2.75, 3.05) is 6.61 Å². The Labute approximate surface area is 131 Å². The fourth-order valence-electron chi connectivity index (χ4n) is 2.40. The van der Waals surface area contributed by atoms with Crippen molar-refractivity contribution in [2.45, 2.75) is 96.2 Å². The molecule has 3 N–H and O–H groups in total. The van der Waals surface area contributed by atoms with Crippen LogP contribution in [0.2, 0.25) is 0 Å². The standard InChI is InChI=1S/C18H36O3/c1-2-3-4-5-6-7-8-9-12-17(20)14-15-18(21)13-10-11-16-19/h14-15,17-21H,2-13,16H2,1H3/b15-14+/t17-,18-/m1/s1. The number of hydrogen-bond acceptors (Lipinski definition) is 3. The predicted octanol–water partition coefficient (Wildman–Crippen LogP) is 3.96. The summed E-state index contributed by atoms with van der Waals surface area (Å²) in [5.41, 5.74) is 0. The van der Waals surface area contributed by atoms with Crippen molar-refractivity contribution in [1.82, 2.24) is 0 Å². The van der Waals surface area contributed by atoms with Gasteiger partial charge in [0.15, 0.2) is 0 Å². The van der Waals surface area contributed by atoms with E-state index in [0.717, 1.165) is 25.7 Å². The molecule has 0 amide bonds. The third-order valence-electron chi connectivity index (χ3n) is 3.82. The van der Waals surface area contributed by atoms with Crippen molar-refractivity contribution >= 4 is 0 Å². The largest absolute Gasteiger partial charge is 0.396 e. The first-order valence-electron chi connectivity index (χ1n) is 8.86. The molecule has 21 heavy (non-hydrogen) atoms. The third-order valence-corrected chi connectivity index (χ3v) is 3.82. The summed E-state index contributed by atoms with van der Waals surface area (Å²) < 4.78 is 0. The number of unbranched alkanes of at least 4 members (excludes halogenated alkanes) is 8. The van der Waals surface area contributed by atoms with Gasteiger partial charge in [-0.2, -0.15) is 0 Å². The molecule has 0 aliphatic rings. The Morgan fingerprint density at radius 3 is 1.57 bits per heavy atom. The minimum absolute atomic E-state index is 0.178. The Morgan fingerprint density at radius 1 is 0.667 bits per heavy atom. The molecule has 3 heteroatoms. The first kappa shape index (κ1) is 20.6. The predicted molar refractivity (Wildman–Crippen MR) is 89.3 cm³/mol. The van der Waals surface area contributed by atoms with Crippen LogP contribution >= 0.6 is 0 Å². The van der Waals surface area contributed by atoms with Gasteiger partial charge in [0, 0.05) is 6.61 Å².